The highest BCUT2D eigenvalue weighted by Crippen LogP contribution is 2.33. The second-order valence-electron chi connectivity index (χ2n) is 5.22. The number of nitrogens with one attached hydrogen (secondary N) is 1. The molecule has 3 rings (SSSR count). The predicted molar refractivity (Wildman–Crippen MR) is 78.3 cm³/mol. The molecule has 0 saturated carbocycles. The Labute approximate surface area is 125 Å². The fraction of sp³-hybridized carbons (Fsp3) is 0.333. The molecule has 0 atom stereocenters. The van der Waals surface area contributed by atoms with Crippen molar-refractivity contribution in [3.8, 4) is 11.3 Å². The Morgan fingerprint density at radius 1 is 1.05 bits per heavy atom. The summed E-state index contributed by atoms with van der Waals surface area (Å²) in [5.74, 6) is 0.794. The summed E-state index contributed by atoms with van der Waals surface area (Å²) in [4.78, 5) is 8.43. The smallest absolute Gasteiger partial charge is 0.370 e. The van der Waals surface area contributed by atoms with E-state index in [0.29, 0.717) is 17.1 Å². The van der Waals surface area contributed by atoms with Crippen molar-refractivity contribution in [3.05, 3.63) is 35.4 Å². The zero-order valence-corrected chi connectivity index (χ0v) is 11.7. The highest BCUT2D eigenvalue weighted by Gasteiger charge is 2.30. The summed E-state index contributed by atoms with van der Waals surface area (Å²) in [6.07, 6.45) is -1.59. The molecule has 0 bridgehead atoms. The first-order valence-electron chi connectivity index (χ1n) is 7.03. The van der Waals surface area contributed by atoms with Crippen LogP contribution in [0.25, 0.3) is 11.3 Å². The van der Waals surface area contributed by atoms with Crippen LogP contribution in [0.2, 0.25) is 0 Å². The van der Waals surface area contributed by atoms with E-state index >= 15 is 0 Å². The van der Waals surface area contributed by atoms with Gasteiger partial charge in [-0.25, -0.2) is 4.98 Å². The van der Waals surface area contributed by atoms with Gasteiger partial charge in [0.1, 0.15) is 5.82 Å². The minimum absolute atomic E-state index is 0.114. The predicted octanol–water partition coefficient (Wildman–Crippen LogP) is 3.49. The number of hydrogen-bond donors (Lipinski definition) is 2. The van der Waals surface area contributed by atoms with Gasteiger partial charge in [0, 0.05) is 17.7 Å². The molecular weight excluding hydrogens is 293 g/mol. The van der Waals surface area contributed by atoms with E-state index in [1.807, 2.05) is 0 Å². The number of nitrogen functional groups attached to an aromatic ring is 1. The monoisotopic (exact) mass is 308 g/mol. The van der Waals surface area contributed by atoms with E-state index in [9.17, 15) is 13.2 Å². The minimum atomic E-state index is -4.35. The SMILES string of the molecule is Nc1nc2c(c(-c3ccc(C(F)(F)F)cc3)n1)CCCCN2. The number of alkyl halides is 3. The Balaban J connectivity index is 2.06. The van der Waals surface area contributed by atoms with Gasteiger partial charge < -0.3 is 11.1 Å². The molecule has 4 nitrogen and oxygen atoms in total. The molecule has 0 amide bonds. The summed E-state index contributed by atoms with van der Waals surface area (Å²) < 4.78 is 38.0. The molecule has 1 aromatic heterocycles. The molecule has 0 radical (unpaired) electrons. The standard InChI is InChI=1S/C15H15F3N4/c16-15(17,18)10-6-4-9(5-7-10)12-11-3-1-2-8-20-13(11)22-14(19)21-12/h4-7H,1-3,8H2,(H3,19,20,21,22). The number of nitrogens with two attached hydrogens (primary N) is 1. The Morgan fingerprint density at radius 3 is 2.45 bits per heavy atom. The molecule has 3 N–H and O–H groups in total. The second kappa shape index (κ2) is 5.47. The van der Waals surface area contributed by atoms with Crippen LogP contribution in [0.1, 0.15) is 24.0 Å². The van der Waals surface area contributed by atoms with Gasteiger partial charge in [-0.1, -0.05) is 12.1 Å². The first-order valence-corrected chi connectivity index (χ1v) is 7.03. The van der Waals surface area contributed by atoms with Crippen LogP contribution in [0.3, 0.4) is 0 Å². The van der Waals surface area contributed by atoms with E-state index in [2.05, 4.69) is 15.3 Å². The van der Waals surface area contributed by atoms with Crippen LogP contribution in [-0.4, -0.2) is 16.5 Å². The van der Waals surface area contributed by atoms with Gasteiger partial charge in [0.25, 0.3) is 0 Å². The summed E-state index contributed by atoms with van der Waals surface area (Å²) in [6.45, 7) is 0.801. The van der Waals surface area contributed by atoms with Crippen LogP contribution in [0.4, 0.5) is 24.9 Å². The summed E-state index contributed by atoms with van der Waals surface area (Å²) in [7, 11) is 0. The lowest BCUT2D eigenvalue weighted by Crippen LogP contribution is -2.08. The fourth-order valence-electron chi connectivity index (χ4n) is 2.57. The number of anilines is 2. The molecule has 1 aromatic carbocycles. The van der Waals surface area contributed by atoms with Crippen molar-refractivity contribution in [2.45, 2.75) is 25.4 Å². The van der Waals surface area contributed by atoms with E-state index in [1.54, 1.807) is 0 Å². The molecule has 0 aliphatic carbocycles. The Bertz CT molecular complexity index is 680. The number of halogens is 3. The quantitative estimate of drug-likeness (QED) is 0.846. The molecule has 0 fully saturated rings. The summed E-state index contributed by atoms with van der Waals surface area (Å²) in [5.41, 5.74) is 7.17. The van der Waals surface area contributed by atoms with Gasteiger partial charge in [-0.05, 0) is 31.4 Å². The fourth-order valence-corrected chi connectivity index (χ4v) is 2.57. The molecule has 1 aliphatic rings. The molecule has 2 aromatic rings. The molecule has 0 saturated heterocycles. The van der Waals surface area contributed by atoms with Crippen LogP contribution >= 0.6 is 0 Å². The molecular formula is C15H15F3N4. The third-order valence-corrected chi connectivity index (χ3v) is 3.66. The molecule has 0 spiro atoms. The third-order valence-electron chi connectivity index (χ3n) is 3.66. The minimum Gasteiger partial charge on any atom is -0.370 e. The molecule has 2 heterocycles. The summed E-state index contributed by atoms with van der Waals surface area (Å²) >= 11 is 0. The van der Waals surface area contributed by atoms with Crippen molar-refractivity contribution >= 4 is 11.8 Å². The lowest BCUT2D eigenvalue weighted by molar-refractivity contribution is -0.137. The average molecular weight is 308 g/mol. The van der Waals surface area contributed by atoms with Gasteiger partial charge in [-0.3, -0.25) is 0 Å². The maximum Gasteiger partial charge on any atom is 0.416 e. The van der Waals surface area contributed by atoms with Gasteiger partial charge in [0.05, 0.1) is 11.3 Å². The van der Waals surface area contributed by atoms with E-state index in [0.717, 1.165) is 43.5 Å². The maximum absolute atomic E-state index is 12.7. The Kier molecular flexibility index (Phi) is 3.64. The van der Waals surface area contributed by atoms with E-state index < -0.39 is 11.7 Å². The van der Waals surface area contributed by atoms with Gasteiger partial charge in [0.2, 0.25) is 5.95 Å². The number of hydrogen-bond acceptors (Lipinski definition) is 4. The van der Waals surface area contributed by atoms with Crippen LogP contribution in [0, 0.1) is 0 Å². The van der Waals surface area contributed by atoms with Crippen molar-refractivity contribution in [1.82, 2.24) is 9.97 Å². The number of aromatic nitrogens is 2. The normalized spacial score (nSPS) is 14.9. The molecule has 0 unspecified atom stereocenters. The highest BCUT2D eigenvalue weighted by atomic mass is 19.4. The van der Waals surface area contributed by atoms with Gasteiger partial charge in [0.15, 0.2) is 0 Å². The van der Waals surface area contributed by atoms with Crippen molar-refractivity contribution in [3.63, 3.8) is 0 Å². The lowest BCUT2D eigenvalue weighted by Gasteiger charge is -2.13. The highest BCUT2D eigenvalue weighted by molar-refractivity contribution is 5.70. The van der Waals surface area contributed by atoms with Crippen LogP contribution < -0.4 is 11.1 Å². The molecule has 7 heteroatoms. The third kappa shape index (κ3) is 2.84. The zero-order valence-electron chi connectivity index (χ0n) is 11.7. The van der Waals surface area contributed by atoms with E-state index in [-0.39, 0.29) is 5.95 Å². The first kappa shape index (κ1) is 14.6. The average Bonchev–Trinajstić information content (AvgIpc) is 2.71. The van der Waals surface area contributed by atoms with Gasteiger partial charge >= 0.3 is 6.18 Å². The number of nitrogens with zero attached hydrogens (tertiary/aromatic N) is 2. The first-order chi connectivity index (χ1) is 10.4. The topological polar surface area (TPSA) is 63.8 Å². The van der Waals surface area contributed by atoms with Crippen molar-refractivity contribution < 1.29 is 13.2 Å². The van der Waals surface area contributed by atoms with Crippen LogP contribution in [0.15, 0.2) is 24.3 Å². The maximum atomic E-state index is 12.7. The molecule has 1 aliphatic heterocycles. The summed E-state index contributed by atoms with van der Waals surface area (Å²) in [6, 6.07) is 4.97. The Morgan fingerprint density at radius 2 is 1.77 bits per heavy atom. The van der Waals surface area contributed by atoms with Gasteiger partial charge in [-0.2, -0.15) is 18.2 Å². The van der Waals surface area contributed by atoms with E-state index in [1.165, 1.54) is 12.1 Å². The van der Waals surface area contributed by atoms with Crippen molar-refractivity contribution in [2.75, 3.05) is 17.6 Å². The molecule has 22 heavy (non-hydrogen) atoms. The zero-order chi connectivity index (χ0) is 15.7. The number of rotatable bonds is 1. The van der Waals surface area contributed by atoms with Gasteiger partial charge in [-0.15, -0.1) is 0 Å². The molecule has 116 valence electrons. The lowest BCUT2D eigenvalue weighted by atomic mass is 10.0. The second-order valence-corrected chi connectivity index (χ2v) is 5.22. The summed E-state index contributed by atoms with van der Waals surface area (Å²) in [5, 5.41) is 3.20. The van der Waals surface area contributed by atoms with Crippen LogP contribution in [0.5, 0.6) is 0 Å². The van der Waals surface area contributed by atoms with E-state index in [4.69, 9.17) is 5.73 Å². The number of benzene rings is 1. The van der Waals surface area contributed by atoms with Crippen molar-refractivity contribution in [2.24, 2.45) is 0 Å². The largest absolute Gasteiger partial charge is 0.416 e. The Hall–Kier alpha value is -2.31. The van der Waals surface area contributed by atoms with Crippen molar-refractivity contribution in [1.29, 1.82) is 0 Å². The number of fused-ring (bicyclic) bond motifs is 1. The van der Waals surface area contributed by atoms with Crippen LogP contribution in [-0.2, 0) is 12.6 Å².